The van der Waals surface area contributed by atoms with Gasteiger partial charge in [-0.1, -0.05) is 55.6 Å². The van der Waals surface area contributed by atoms with Gasteiger partial charge < -0.3 is 10.0 Å². The summed E-state index contributed by atoms with van der Waals surface area (Å²) in [6.45, 7) is 4.68. The van der Waals surface area contributed by atoms with Crippen LogP contribution < -0.4 is 15.8 Å². The maximum Gasteiger partial charge on any atom is 0.488 e. The van der Waals surface area contributed by atoms with Crippen LogP contribution in [-0.4, -0.2) is 25.2 Å². The predicted molar refractivity (Wildman–Crippen MR) is 78.5 cm³/mol. The number of fused-ring (bicyclic) bond motifs is 3. The van der Waals surface area contributed by atoms with Crippen LogP contribution in [0.25, 0.3) is 11.1 Å². The van der Waals surface area contributed by atoms with Crippen molar-refractivity contribution in [2.45, 2.75) is 13.1 Å². The molecule has 2 N–H and O–H groups in total. The molecule has 0 unspecified atom stereocenters. The van der Waals surface area contributed by atoms with Gasteiger partial charge >= 0.3 is 7.12 Å². The average Bonchev–Trinajstić information content (AvgIpc) is 2.59. The van der Waals surface area contributed by atoms with Crippen LogP contribution >= 0.6 is 0 Å². The van der Waals surface area contributed by atoms with Crippen molar-refractivity contribution in [2.75, 3.05) is 0 Å². The molecule has 4 heteroatoms. The highest BCUT2D eigenvalue weighted by Crippen LogP contribution is 2.26. The summed E-state index contributed by atoms with van der Waals surface area (Å²) in [5.41, 5.74) is 3.00. The summed E-state index contributed by atoms with van der Waals surface area (Å²) >= 11 is 0. The number of rotatable bonds is 1. The summed E-state index contributed by atoms with van der Waals surface area (Å²) in [5.74, 6) is 0. The molecule has 0 atom stereocenters. The van der Waals surface area contributed by atoms with Gasteiger partial charge in [0.25, 0.3) is 0 Å². The van der Waals surface area contributed by atoms with Gasteiger partial charge in [-0.05, 0) is 27.0 Å². The quantitative estimate of drug-likeness (QED) is 0.712. The molecule has 0 saturated carbocycles. The highest BCUT2D eigenvalue weighted by Gasteiger charge is 2.37. The summed E-state index contributed by atoms with van der Waals surface area (Å²) in [7, 11) is -3.00. The Bertz CT molecular complexity index is 623. The van der Waals surface area contributed by atoms with E-state index in [1.54, 1.807) is 0 Å². The molecular weight excluding hydrogens is 239 g/mol. The van der Waals surface area contributed by atoms with Crippen molar-refractivity contribution in [3.8, 4) is 11.1 Å². The lowest BCUT2D eigenvalue weighted by Crippen LogP contribution is -2.49. The minimum absolute atomic E-state index is 0.565. The zero-order chi connectivity index (χ0) is 12.9. The molecule has 18 heavy (non-hydrogen) atoms. The van der Waals surface area contributed by atoms with E-state index in [0.717, 1.165) is 0 Å². The van der Waals surface area contributed by atoms with Crippen molar-refractivity contribution in [3.05, 3.63) is 42.5 Å². The molecule has 0 amide bonds. The first-order valence-electron chi connectivity index (χ1n) is 6.12. The first-order chi connectivity index (χ1) is 8.51. The molecule has 1 aliphatic heterocycles. The third-order valence-corrected chi connectivity index (χ3v) is 7.47. The second-order valence-electron chi connectivity index (χ2n) is 5.35. The predicted octanol–water partition coefficient (Wildman–Crippen LogP) is 0.169. The van der Waals surface area contributed by atoms with Crippen molar-refractivity contribution < 1.29 is 10.0 Å². The monoisotopic (exact) mass is 254 g/mol. The Hall–Kier alpha value is -1.36. The van der Waals surface area contributed by atoms with Crippen LogP contribution in [0, 0.1) is 0 Å². The van der Waals surface area contributed by atoms with Gasteiger partial charge in [-0.15, -0.1) is 0 Å². The molecule has 0 aromatic heterocycles. The van der Waals surface area contributed by atoms with E-state index >= 15 is 0 Å². The number of hydrogen-bond donors (Lipinski definition) is 2. The third kappa shape index (κ3) is 1.50. The van der Waals surface area contributed by atoms with Gasteiger partial charge in [0.2, 0.25) is 0 Å². The Morgan fingerprint density at radius 1 is 0.889 bits per heavy atom. The Morgan fingerprint density at radius 2 is 1.56 bits per heavy atom. The van der Waals surface area contributed by atoms with E-state index in [0.29, 0.717) is 5.46 Å². The van der Waals surface area contributed by atoms with Crippen LogP contribution in [0.15, 0.2) is 42.5 Å². The van der Waals surface area contributed by atoms with Gasteiger partial charge in [-0.25, -0.2) is 0 Å². The Kier molecular flexibility index (Phi) is 2.48. The summed E-state index contributed by atoms with van der Waals surface area (Å²) in [4.78, 5) is 0. The molecule has 0 radical (unpaired) electrons. The van der Waals surface area contributed by atoms with E-state index in [9.17, 15) is 10.0 Å². The van der Waals surface area contributed by atoms with Crippen LogP contribution in [0.4, 0.5) is 0 Å². The number of benzene rings is 2. The maximum absolute atomic E-state index is 9.30. The first-order valence-corrected chi connectivity index (χ1v) is 9.12. The summed E-state index contributed by atoms with van der Waals surface area (Å²) in [5, 5.41) is 21.4. The molecule has 2 aromatic carbocycles. The van der Waals surface area contributed by atoms with Gasteiger partial charge in [0.1, 0.15) is 8.07 Å². The maximum atomic E-state index is 9.30. The molecule has 2 aromatic rings. The molecule has 0 bridgehead atoms. The van der Waals surface area contributed by atoms with Crippen molar-refractivity contribution in [2.24, 2.45) is 0 Å². The van der Waals surface area contributed by atoms with Crippen LogP contribution in [0.5, 0.6) is 0 Å². The van der Waals surface area contributed by atoms with Gasteiger partial charge in [0, 0.05) is 0 Å². The van der Waals surface area contributed by atoms with E-state index < -0.39 is 15.2 Å². The second kappa shape index (κ2) is 3.82. The standard InChI is InChI=1S/C14H15BO2Si/c1-18(2)13-6-4-3-5-11(13)12-9-10(15(16)17)7-8-14(12)18/h3-9,16-17H,1-2H3. The van der Waals surface area contributed by atoms with Gasteiger partial charge in [0.15, 0.2) is 0 Å². The highest BCUT2D eigenvalue weighted by molar-refractivity contribution is 7.03. The first kappa shape index (κ1) is 11.7. The minimum Gasteiger partial charge on any atom is -0.423 e. The normalized spacial score (nSPS) is 15.1. The van der Waals surface area contributed by atoms with E-state index in [-0.39, 0.29) is 0 Å². The molecule has 0 spiro atoms. The lowest BCUT2D eigenvalue weighted by atomic mass is 9.79. The van der Waals surface area contributed by atoms with Crippen LogP contribution in [0.1, 0.15) is 0 Å². The fraction of sp³-hybridized carbons (Fsp3) is 0.143. The Labute approximate surface area is 108 Å². The molecular formula is C14H15BO2Si. The van der Waals surface area contributed by atoms with Gasteiger partial charge in [-0.3, -0.25) is 0 Å². The minimum atomic E-state index is -1.60. The molecule has 1 aliphatic rings. The van der Waals surface area contributed by atoms with E-state index in [2.05, 4.69) is 37.4 Å². The highest BCUT2D eigenvalue weighted by atomic mass is 28.3. The topological polar surface area (TPSA) is 40.5 Å². The molecule has 0 saturated heterocycles. The molecule has 2 nitrogen and oxygen atoms in total. The Morgan fingerprint density at radius 3 is 2.28 bits per heavy atom. The lowest BCUT2D eigenvalue weighted by molar-refractivity contribution is 0.426. The molecule has 3 rings (SSSR count). The zero-order valence-electron chi connectivity index (χ0n) is 10.5. The van der Waals surface area contributed by atoms with E-state index in [4.69, 9.17) is 0 Å². The molecule has 0 aliphatic carbocycles. The van der Waals surface area contributed by atoms with Crippen LogP contribution in [0.2, 0.25) is 13.1 Å². The fourth-order valence-electron chi connectivity index (χ4n) is 2.90. The lowest BCUT2D eigenvalue weighted by Gasteiger charge is -2.18. The Balaban J connectivity index is 2.30. The van der Waals surface area contributed by atoms with Crippen LogP contribution in [0.3, 0.4) is 0 Å². The van der Waals surface area contributed by atoms with Crippen molar-refractivity contribution >= 4 is 31.0 Å². The van der Waals surface area contributed by atoms with Crippen molar-refractivity contribution in [1.82, 2.24) is 0 Å². The van der Waals surface area contributed by atoms with Gasteiger partial charge in [0.05, 0.1) is 0 Å². The summed E-state index contributed by atoms with van der Waals surface area (Å²) in [6.07, 6.45) is 0. The fourth-order valence-corrected chi connectivity index (χ4v) is 5.97. The largest absolute Gasteiger partial charge is 0.488 e. The molecule has 1 heterocycles. The average molecular weight is 254 g/mol. The second-order valence-corrected chi connectivity index (χ2v) is 9.68. The number of hydrogen-bond acceptors (Lipinski definition) is 2. The van der Waals surface area contributed by atoms with Crippen LogP contribution in [-0.2, 0) is 0 Å². The van der Waals surface area contributed by atoms with E-state index in [1.165, 1.54) is 21.5 Å². The van der Waals surface area contributed by atoms with Gasteiger partial charge in [-0.2, -0.15) is 0 Å². The van der Waals surface area contributed by atoms with E-state index in [1.807, 2.05) is 18.2 Å². The molecule has 0 fully saturated rings. The van der Waals surface area contributed by atoms with Crippen molar-refractivity contribution in [3.63, 3.8) is 0 Å². The summed E-state index contributed by atoms with van der Waals surface area (Å²) in [6, 6.07) is 14.3. The molecule has 90 valence electrons. The smallest absolute Gasteiger partial charge is 0.423 e. The SMILES string of the molecule is C[Si]1(C)c2ccccc2-c2cc(B(O)O)ccc21. The zero-order valence-corrected chi connectivity index (χ0v) is 11.5. The summed E-state index contributed by atoms with van der Waals surface area (Å²) < 4.78 is 0. The van der Waals surface area contributed by atoms with Crippen molar-refractivity contribution in [1.29, 1.82) is 0 Å². The third-order valence-electron chi connectivity index (χ3n) is 3.91.